The zero-order valence-electron chi connectivity index (χ0n) is 16.1. The molecule has 148 valence electrons. The summed E-state index contributed by atoms with van der Waals surface area (Å²) in [6, 6.07) is 9.57. The van der Waals surface area contributed by atoms with E-state index in [2.05, 4.69) is 15.6 Å². The van der Waals surface area contributed by atoms with Crippen LogP contribution in [0.25, 0.3) is 0 Å². The van der Waals surface area contributed by atoms with Gasteiger partial charge in [-0.2, -0.15) is 0 Å². The largest absolute Gasteiger partial charge is 0.338 e. The van der Waals surface area contributed by atoms with Crippen molar-refractivity contribution in [1.82, 2.24) is 15.2 Å². The third-order valence-electron chi connectivity index (χ3n) is 5.83. The molecule has 0 radical (unpaired) electrons. The van der Waals surface area contributed by atoms with Crippen molar-refractivity contribution in [3.05, 3.63) is 47.0 Å². The number of aromatic nitrogens is 1. The van der Waals surface area contributed by atoms with E-state index in [-0.39, 0.29) is 23.8 Å². The summed E-state index contributed by atoms with van der Waals surface area (Å²) in [5, 5.41) is 7.06. The maximum Gasteiger partial charge on any atom is 0.231 e. The van der Waals surface area contributed by atoms with Crippen LogP contribution >= 0.6 is 11.3 Å². The number of amides is 2. The molecule has 6 nitrogen and oxygen atoms in total. The Hall–Kier alpha value is -2.25. The van der Waals surface area contributed by atoms with Gasteiger partial charge in [-0.1, -0.05) is 30.3 Å². The van der Waals surface area contributed by atoms with Crippen LogP contribution in [0, 0.1) is 5.92 Å². The molecule has 4 rings (SSSR count). The number of benzene rings is 1. The quantitative estimate of drug-likeness (QED) is 0.830. The van der Waals surface area contributed by atoms with E-state index in [1.54, 1.807) is 23.3 Å². The number of rotatable bonds is 4. The van der Waals surface area contributed by atoms with E-state index in [4.69, 9.17) is 0 Å². The van der Waals surface area contributed by atoms with Crippen molar-refractivity contribution < 1.29 is 9.59 Å². The van der Waals surface area contributed by atoms with Gasteiger partial charge in [0, 0.05) is 24.5 Å². The zero-order chi connectivity index (χ0) is 19.5. The number of piperidine rings is 2. The molecular formula is C21H26N4O2S. The minimum absolute atomic E-state index is 0.0561. The lowest BCUT2D eigenvalue weighted by Gasteiger charge is -2.38. The van der Waals surface area contributed by atoms with Gasteiger partial charge >= 0.3 is 0 Å². The Kier molecular flexibility index (Phi) is 5.73. The second-order valence-corrected chi connectivity index (χ2v) is 8.65. The van der Waals surface area contributed by atoms with Crippen molar-refractivity contribution in [2.75, 3.05) is 25.5 Å². The molecule has 2 amide bonds. The smallest absolute Gasteiger partial charge is 0.231 e. The molecule has 2 N–H and O–H groups in total. The Labute approximate surface area is 169 Å². The molecule has 7 heteroatoms. The highest BCUT2D eigenvalue weighted by atomic mass is 32.1. The van der Waals surface area contributed by atoms with Crippen LogP contribution in [0.5, 0.6) is 0 Å². The van der Waals surface area contributed by atoms with Gasteiger partial charge < -0.3 is 15.5 Å². The maximum absolute atomic E-state index is 13.1. The van der Waals surface area contributed by atoms with Crippen molar-refractivity contribution in [2.45, 2.75) is 37.6 Å². The average molecular weight is 399 g/mol. The molecule has 2 saturated heterocycles. The number of nitrogens with zero attached hydrogens (tertiary/aromatic N) is 2. The van der Waals surface area contributed by atoms with E-state index in [0.29, 0.717) is 23.9 Å². The van der Waals surface area contributed by atoms with Gasteiger partial charge in [0.15, 0.2) is 5.13 Å². The van der Waals surface area contributed by atoms with Crippen molar-refractivity contribution >= 4 is 28.3 Å². The van der Waals surface area contributed by atoms with E-state index in [0.717, 1.165) is 31.5 Å². The van der Waals surface area contributed by atoms with Gasteiger partial charge in [-0.25, -0.2) is 4.98 Å². The van der Waals surface area contributed by atoms with E-state index in [9.17, 15) is 9.59 Å². The van der Waals surface area contributed by atoms with Crippen molar-refractivity contribution in [2.24, 2.45) is 5.92 Å². The van der Waals surface area contributed by atoms with Crippen LogP contribution in [0.15, 0.2) is 36.5 Å². The molecule has 2 unspecified atom stereocenters. The molecule has 0 saturated carbocycles. The van der Waals surface area contributed by atoms with Gasteiger partial charge in [-0.3, -0.25) is 9.59 Å². The fourth-order valence-electron chi connectivity index (χ4n) is 4.26. The summed E-state index contributed by atoms with van der Waals surface area (Å²) in [4.78, 5) is 32.8. The number of nitrogens with one attached hydrogen (secondary N) is 2. The van der Waals surface area contributed by atoms with Gasteiger partial charge in [-0.05, 0) is 43.8 Å². The molecule has 2 aliphatic heterocycles. The molecule has 0 aliphatic carbocycles. The summed E-state index contributed by atoms with van der Waals surface area (Å²) in [7, 11) is 1.79. The van der Waals surface area contributed by atoms with Crippen LogP contribution < -0.4 is 10.6 Å². The van der Waals surface area contributed by atoms with Crippen LogP contribution in [0.1, 0.15) is 48.1 Å². The first-order valence-corrected chi connectivity index (χ1v) is 10.7. The first-order chi connectivity index (χ1) is 13.6. The molecule has 0 spiro atoms. The Morgan fingerprint density at radius 2 is 1.96 bits per heavy atom. The minimum atomic E-state index is -0.281. The topological polar surface area (TPSA) is 74.3 Å². The number of hydrogen-bond donors (Lipinski definition) is 2. The number of carbonyl (C=O) groups is 2. The van der Waals surface area contributed by atoms with Gasteiger partial charge in [0.25, 0.3) is 0 Å². The summed E-state index contributed by atoms with van der Waals surface area (Å²) in [6.07, 6.45) is 5.08. The van der Waals surface area contributed by atoms with E-state index in [1.807, 2.05) is 36.5 Å². The van der Waals surface area contributed by atoms with Crippen molar-refractivity contribution in [1.29, 1.82) is 0 Å². The van der Waals surface area contributed by atoms with Crippen molar-refractivity contribution in [3.8, 4) is 0 Å². The lowest BCUT2D eigenvalue weighted by Crippen LogP contribution is -2.44. The Morgan fingerprint density at radius 1 is 1.21 bits per heavy atom. The van der Waals surface area contributed by atoms with E-state index < -0.39 is 0 Å². The minimum Gasteiger partial charge on any atom is -0.338 e. The van der Waals surface area contributed by atoms with Crippen LogP contribution in [0.4, 0.5) is 5.13 Å². The fourth-order valence-corrected chi connectivity index (χ4v) is 5.24. The predicted molar refractivity (Wildman–Crippen MR) is 110 cm³/mol. The zero-order valence-corrected chi connectivity index (χ0v) is 16.9. The van der Waals surface area contributed by atoms with E-state index >= 15 is 0 Å². The van der Waals surface area contributed by atoms with Crippen LogP contribution in [0.2, 0.25) is 0 Å². The standard InChI is InChI=1S/C21H26N4O2S/c1-25-18(26)8-7-16(19(25)15-5-3-2-4-6-15)20(27)24-21-23-13-17(28-21)14-9-11-22-12-10-14/h2-6,13-14,16,19,22H,7-12H2,1H3,(H,23,24,27). The third-order valence-corrected chi connectivity index (χ3v) is 6.91. The number of anilines is 1. The fraction of sp³-hybridized carbons (Fsp3) is 0.476. The highest BCUT2D eigenvalue weighted by molar-refractivity contribution is 7.15. The van der Waals surface area contributed by atoms with Crippen LogP contribution in [0.3, 0.4) is 0 Å². The Bertz CT molecular complexity index is 832. The molecule has 2 fully saturated rings. The highest BCUT2D eigenvalue weighted by Crippen LogP contribution is 2.37. The maximum atomic E-state index is 13.1. The molecule has 2 atom stereocenters. The first kappa shape index (κ1) is 19.1. The second-order valence-electron chi connectivity index (χ2n) is 7.59. The lowest BCUT2D eigenvalue weighted by molar-refractivity contribution is -0.140. The molecule has 28 heavy (non-hydrogen) atoms. The predicted octanol–water partition coefficient (Wildman–Crippen LogP) is 3.16. The van der Waals surface area contributed by atoms with Gasteiger partial charge in [0.1, 0.15) is 0 Å². The molecule has 2 aliphatic rings. The second kappa shape index (κ2) is 8.41. The Balaban J connectivity index is 1.50. The molecular weight excluding hydrogens is 372 g/mol. The van der Waals surface area contributed by atoms with E-state index in [1.165, 1.54) is 4.88 Å². The van der Waals surface area contributed by atoms with Crippen LogP contribution in [-0.2, 0) is 9.59 Å². The summed E-state index contributed by atoms with van der Waals surface area (Å²) in [5.74, 6) is 0.274. The van der Waals surface area contributed by atoms with Gasteiger partial charge in [-0.15, -0.1) is 11.3 Å². The molecule has 2 aromatic rings. The molecule has 1 aromatic heterocycles. The first-order valence-electron chi connectivity index (χ1n) is 9.91. The lowest BCUT2D eigenvalue weighted by atomic mass is 9.84. The SMILES string of the molecule is CN1C(=O)CCC(C(=O)Nc2ncc(C3CCNCC3)s2)C1c1ccccc1. The Morgan fingerprint density at radius 3 is 2.71 bits per heavy atom. The summed E-state index contributed by atoms with van der Waals surface area (Å²) in [5.41, 5.74) is 0.993. The molecule has 1 aromatic carbocycles. The highest BCUT2D eigenvalue weighted by Gasteiger charge is 2.39. The van der Waals surface area contributed by atoms with Crippen LogP contribution in [-0.4, -0.2) is 41.8 Å². The summed E-state index contributed by atoms with van der Waals surface area (Å²) >= 11 is 1.58. The number of likely N-dealkylation sites (tertiary alicyclic amines) is 1. The number of thiazole rings is 1. The monoisotopic (exact) mass is 398 g/mol. The third kappa shape index (κ3) is 3.95. The van der Waals surface area contributed by atoms with Gasteiger partial charge in [0.05, 0.1) is 12.0 Å². The molecule has 0 bridgehead atoms. The normalized spacial score (nSPS) is 23.6. The van der Waals surface area contributed by atoms with Crippen molar-refractivity contribution in [3.63, 3.8) is 0 Å². The number of carbonyl (C=O) groups excluding carboxylic acids is 2. The number of hydrogen-bond acceptors (Lipinski definition) is 5. The molecule has 3 heterocycles. The van der Waals surface area contributed by atoms with Gasteiger partial charge in [0.2, 0.25) is 11.8 Å². The average Bonchev–Trinajstić information content (AvgIpc) is 3.19. The summed E-state index contributed by atoms with van der Waals surface area (Å²) < 4.78 is 0. The summed E-state index contributed by atoms with van der Waals surface area (Å²) in [6.45, 7) is 2.07.